The van der Waals surface area contributed by atoms with Crippen LogP contribution in [0.3, 0.4) is 0 Å². The lowest BCUT2D eigenvalue weighted by molar-refractivity contribution is -0.169. The molecule has 0 rings (SSSR count). The zero-order chi connectivity index (χ0) is 71.2. The molecule has 12 atom stereocenters. The van der Waals surface area contributed by atoms with Crippen LogP contribution < -0.4 is 37.6 Å². The second kappa shape index (κ2) is 41.9. The van der Waals surface area contributed by atoms with Crippen molar-refractivity contribution in [2.75, 3.05) is 6.54 Å². The number of ether oxygens (including phenoxy) is 6. The standard InChI is InChI=1S/C63H107N7O22/c1-30(2)27-42(52(74)66-39(18)59(82)91-50(36(13)14)56(78)70-48(34(9)10)63(86)89-44(29-32(5)6)54(76)68-40(19)60(83)92-51(37(15)16)57(79)80)87-61(84)41(24-25-45(71)65-26-22-20-21-23-46(72)73)69-55(77)49(35(11)12)90-58(81)38(17)67-53(75)43(28-31(3)4)88-62(85)47(64)33(7)8/h30-44,47-51H,20-29,64H2,1-19H3,(H,65,71)(H,66,74)(H,67,75)(H,68,76)(H,69,77)(H,70,78)(H,72,73)(H,79,80)/t38-,39-,40-,41+,42-,43-,44-,47+,48+,49+,50+,51+/m1/s1. The molecule has 0 aromatic heterocycles. The van der Waals surface area contributed by atoms with E-state index in [1.807, 2.05) is 0 Å². The zero-order valence-electron chi connectivity index (χ0n) is 57.3. The summed E-state index contributed by atoms with van der Waals surface area (Å²) in [6, 6.07) is -8.43. The van der Waals surface area contributed by atoms with Gasteiger partial charge in [-0.25, -0.2) is 28.8 Å². The van der Waals surface area contributed by atoms with Crippen LogP contribution in [0.1, 0.15) is 189 Å². The normalized spacial score (nSPS) is 15.5. The van der Waals surface area contributed by atoms with E-state index in [1.165, 1.54) is 62.3 Å². The lowest BCUT2D eigenvalue weighted by Crippen LogP contribution is -2.54. The van der Waals surface area contributed by atoms with Gasteiger partial charge in [0.25, 0.3) is 29.5 Å². The number of amides is 6. The van der Waals surface area contributed by atoms with Crippen molar-refractivity contribution in [3.63, 3.8) is 0 Å². The van der Waals surface area contributed by atoms with Crippen LogP contribution in [0.15, 0.2) is 0 Å². The quantitative estimate of drug-likeness (QED) is 0.0240. The first-order valence-corrected chi connectivity index (χ1v) is 31.7. The Morgan fingerprint density at radius 2 is 0.739 bits per heavy atom. The number of hydrogen-bond acceptors (Lipinski definition) is 21. The van der Waals surface area contributed by atoms with Crippen molar-refractivity contribution in [2.45, 2.75) is 262 Å². The van der Waals surface area contributed by atoms with E-state index in [9.17, 15) is 72.2 Å². The van der Waals surface area contributed by atoms with Crippen LogP contribution in [0, 0.1) is 47.3 Å². The van der Waals surface area contributed by atoms with E-state index < -0.39 is 193 Å². The van der Waals surface area contributed by atoms with Gasteiger partial charge in [-0.3, -0.25) is 38.4 Å². The molecule has 29 heteroatoms. The molecule has 0 fully saturated rings. The fraction of sp³-hybridized carbons (Fsp3) is 0.778. The Morgan fingerprint density at radius 3 is 1.09 bits per heavy atom. The van der Waals surface area contributed by atoms with E-state index in [0.29, 0.717) is 19.3 Å². The highest BCUT2D eigenvalue weighted by Gasteiger charge is 2.40. The minimum Gasteiger partial charge on any atom is -0.481 e. The van der Waals surface area contributed by atoms with E-state index in [-0.39, 0.29) is 55.9 Å². The molecule has 0 spiro atoms. The molecule has 0 saturated carbocycles. The first kappa shape index (κ1) is 84.5. The predicted octanol–water partition coefficient (Wildman–Crippen LogP) is 3.31. The van der Waals surface area contributed by atoms with Crippen molar-refractivity contribution in [1.29, 1.82) is 0 Å². The average molecular weight is 1310 g/mol. The Bertz CT molecular complexity index is 2480. The zero-order valence-corrected chi connectivity index (χ0v) is 57.3. The third-order valence-corrected chi connectivity index (χ3v) is 14.0. The Kier molecular flexibility index (Phi) is 38.5. The topological polar surface area (TPSA) is 433 Å². The Morgan fingerprint density at radius 1 is 0.370 bits per heavy atom. The van der Waals surface area contributed by atoms with Gasteiger partial charge in [0.15, 0.2) is 30.5 Å². The minimum atomic E-state index is -1.69. The van der Waals surface area contributed by atoms with Crippen molar-refractivity contribution in [1.82, 2.24) is 31.9 Å². The second-order valence-corrected chi connectivity index (χ2v) is 26.2. The maximum Gasteiger partial charge on any atom is 0.345 e. The number of carbonyl (C=O) groups is 14. The maximum absolute atomic E-state index is 14.3. The van der Waals surface area contributed by atoms with Gasteiger partial charge in [0, 0.05) is 25.3 Å². The molecular formula is C63H107N7O22. The highest BCUT2D eigenvalue weighted by Crippen LogP contribution is 2.19. The van der Waals surface area contributed by atoms with Crippen molar-refractivity contribution in [2.24, 2.45) is 53.1 Å². The van der Waals surface area contributed by atoms with Crippen LogP contribution in [0.4, 0.5) is 0 Å². The van der Waals surface area contributed by atoms with Crippen molar-refractivity contribution >= 4 is 83.2 Å². The molecule has 0 saturated heterocycles. The molecule has 10 N–H and O–H groups in total. The molecular weight excluding hydrogens is 1210 g/mol. The Labute approximate surface area is 541 Å². The van der Waals surface area contributed by atoms with E-state index in [2.05, 4.69) is 31.9 Å². The molecule has 29 nitrogen and oxygen atoms in total. The highest BCUT2D eigenvalue weighted by molar-refractivity contribution is 5.95. The fourth-order valence-corrected chi connectivity index (χ4v) is 8.48. The number of rotatable bonds is 43. The molecule has 0 radical (unpaired) electrons. The summed E-state index contributed by atoms with van der Waals surface area (Å²) in [5.74, 6) is -17.9. The molecule has 0 aliphatic carbocycles. The van der Waals surface area contributed by atoms with E-state index in [4.69, 9.17) is 39.3 Å². The van der Waals surface area contributed by atoms with Gasteiger partial charge in [0.2, 0.25) is 12.0 Å². The van der Waals surface area contributed by atoms with Crippen molar-refractivity contribution < 1.29 is 106 Å². The van der Waals surface area contributed by atoms with Gasteiger partial charge in [0.05, 0.1) is 0 Å². The summed E-state index contributed by atoms with van der Waals surface area (Å²) in [5.41, 5.74) is 5.95. The number of aliphatic carboxylic acids is 2. The number of unbranched alkanes of at least 4 members (excludes halogenated alkanes) is 2. The first-order chi connectivity index (χ1) is 42.5. The number of nitrogens with two attached hydrogens (primary N) is 1. The first-order valence-electron chi connectivity index (χ1n) is 31.7. The van der Waals surface area contributed by atoms with Crippen molar-refractivity contribution in [3.05, 3.63) is 0 Å². The van der Waals surface area contributed by atoms with Crippen LogP contribution in [0.2, 0.25) is 0 Å². The van der Waals surface area contributed by atoms with Gasteiger partial charge in [-0.15, -0.1) is 0 Å². The van der Waals surface area contributed by atoms with E-state index >= 15 is 0 Å². The summed E-state index contributed by atoms with van der Waals surface area (Å²) in [5, 5.41) is 33.4. The Balaban J connectivity index is 6.67. The smallest absolute Gasteiger partial charge is 0.345 e. The summed E-state index contributed by atoms with van der Waals surface area (Å²) in [4.78, 5) is 186. The lowest BCUT2D eigenvalue weighted by atomic mass is 10.0. The molecule has 0 unspecified atom stereocenters. The molecule has 0 aromatic carbocycles. The fourth-order valence-electron chi connectivity index (χ4n) is 8.48. The Hall–Kier alpha value is -7.46. The number of hydrogen-bond donors (Lipinski definition) is 9. The number of carboxylic acids is 2. The van der Waals surface area contributed by atoms with Crippen LogP contribution in [-0.4, -0.2) is 173 Å². The molecule has 0 aliphatic rings. The summed E-state index contributed by atoms with van der Waals surface area (Å²) in [6.45, 7) is 30.1. The van der Waals surface area contributed by atoms with Crippen LogP contribution in [-0.2, 0) is 95.5 Å². The highest BCUT2D eigenvalue weighted by atomic mass is 16.6. The third kappa shape index (κ3) is 32.2. The third-order valence-electron chi connectivity index (χ3n) is 14.0. The van der Waals surface area contributed by atoms with Gasteiger partial charge in [0.1, 0.15) is 36.3 Å². The lowest BCUT2D eigenvalue weighted by Gasteiger charge is -2.29. The van der Waals surface area contributed by atoms with Gasteiger partial charge in [-0.1, -0.05) is 117 Å². The van der Waals surface area contributed by atoms with Crippen molar-refractivity contribution in [3.8, 4) is 0 Å². The number of carboxylic acid groups (broad SMARTS) is 2. The largest absolute Gasteiger partial charge is 0.481 e. The number of nitrogens with one attached hydrogen (secondary N) is 6. The SMILES string of the molecule is CC(C)C[C@@H](OC(=O)[C@H](CCC(=O)NCCCCCC(=O)O)NC(=O)[C@@H](OC(=O)[C@@H](C)NC(=O)[C@@H](CC(C)C)OC(=O)[C@@H](N)C(C)C)C(C)C)C(=O)N[C@H](C)C(=O)O[C@H](C(=O)N[C@H](C(=O)O[C@H](CC(C)C)C(=O)N[C@H](C)C(=O)O[C@H](C(=O)O)C(C)C)C(C)C)C(C)C. The van der Waals surface area contributed by atoms with E-state index in [1.54, 1.807) is 69.2 Å². The van der Waals surface area contributed by atoms with Crippen LogP contribution in [0.25, 0.3) is 0 Å². The van der Waals surface area contributed by atoms with Gasteiger partial charge in [-0.05, 0) is 101 Å². The van der Waals surface area contributed by atoms with Gasteiger partial charge < -0.3 is 76.3 Å². The summed E-state index contributed by atoms with van der Waals surface area (Å²) < 4.78 is 33.2. The van der Waals surface area contributed by atoms with Crippen LogP contribution in [0.5, 0.6) is 0 Å². The predicted molar refractivity (Wildman–Crippen MR) is 332 cm³/mol. The molecule has 0 aromatic rings. The van der Waals surface area contributed by atoms with Crippen LogP contribution >= 0.6 is 0 Å². The number of esters is 6. The molecule has 6 amide bonds. The number of carbonyl (C=O) groups excluding carboxylic acids is 12. The summed E-state index contributed by atoms with van der Waals surface area (Å²) in [6.07, 6.45) is -8.89. The monoisotopic (exact) mass is 1310 g/mol. The summed E-state index contributed by atoms with van der Waals surface area (Å²) in [7, 11) is 0. The average Bonchev–Trinajstić information content (AvgIpc) is 1.000. The molecule has 92 heavy (non-hydrogen) atoms. The van der Waals surface area contributed by atoms with E-state index in [0.717, 1.165) is 0 Å². The second-order valence-electron chi connectivity index (χ2n) is 26.2. The minimum absolute atomic E-state index is 0.0353. The molecule has 526 valence electrons. The maximum atomic E-state index is 14.3. The van der Waals surface area contributed by atoms with Gasteiger partial charge in [-0.2, -0.15) is 0 Å². The van der Waals surface area contributed by atoms with Gasteiger partial charge >= 0.3 is 47.8 Å². The molecule has 0 bridgehead atoms. The molecule has 0 heterocycles. The summed E-state index contributed by atoms with van der Waals surface area (Å²) >= 11 is 0. The molecule has 0 aliphatic heterocycles.